The Morgan fingerprint density at radius 2 is 1.50 bits per heavy atom. The highest BCUT2D eigenvalue weighted by Crippen LogP contribution is 2.23. The minimum Gasteiger partial charge on any atom is -0.473 e. The fourth-order valence-electron chi connectivity index (χ4n) is 2.02. The summed E-state index contributed by atoms with van der Waals surface area (Å²) in [6.07, 6.45) is 8.20. The molecular formula is C20H31NO. The number of benzene rings is 1. The molecule has 0 atom stereocenters. The Kier molecular flexibility index (Phi) is 11.6. The molecule has 22 heavy (non-hydrogen) atoms. The van der Waals surface area contributed by atoms with Gasteiger partial charge in [-0.05, 0) is 32.1 Å². The van der Waals surface area contributed by atoms with Gasteiger partial charge in [0.2, 0.25) is 0 Å². The van der Waals surface area contributed by atoms with Gasteiger partial charge in [0.1, 0.15) is 5.76 Å². The lowest BCUT2D eigenvalue weighted by molar-refractivity contribution is 0.208. The molecule has 2 nitrogen and oxygen atoms in total. The summed E-state index contributed by atoms with van der Waals surface area (Å²) in [5.74, 6) is 0.975. The zero-order valence-electron chi connectivity index (χ0n) is 15.0. The van der Waals surface area contributed by atoms with Crippen LogP contribution in [0.25, 0.3) is 0 Å². The van der Waals surface area contributed by atoms with Crippen molar-refractivity contribution < 1.29 is 4.74 Å². The van der Waals surface area contributed by atoms with Crippen molar-refractivity contribution in [1.29, 1.82) is 0 Å². The van der Waals surface area contributed by atoms with Crippen LogP contribution in [0.2, 0.25) is 0 Å². The summed E-state index contributed by atoms with van der Waals surface area (Å²) in [5, 5.41) is 0. The summed E-state index contributed by atoms with van der Waals surface area (Å²) in [7, 11) is 0. The second-order valence-corrected chi connectivity index (χ2v) is 4.20. The van der Waals surface area contributed by atoms with E-state index >= 15 is 0 Å². The number of anilines is 1. The van der Waals surface area contributed by atoms with Crippen LogP contribution < -0.4 is 4.90 Å². The molecule has 1 aromatic rings. The van der Waals surface area contributed by atoms with Crippen LogP contribution >= 0.6 is 0 Å². The second-order valence-electron chi connectivity index (χ2n) is 4.20. The lowest BCUT2D eigenvalue weighted by Gasteiger charge is -2.31. The molecule has 1 heterocycles. The minimum atomic E-state index is 0.602. The number of hydrogen-bond donors (Lipinski definition) is 0. The van der Waals surface area contributed by atoms with Gasteiger partial charge in [0.25, 0.3) is 0 Å². The Morgan fingerprint density at radius 3 is 2.05 bits per heavy atom. The van der Waals surface area contributed by atoms with Crippen LogP contribution in [0.15, 0.2) is 66.0 Å². The molecule has 0 bridgehead atoms. The van der Waals surface area contributed by atoms with Gasteiger partial charge in [-0.25, -0.2) is 0 Å². The summed E-state index contributed by atoms with van der Waals surface area (Å²) >= 11 is 0. The topological polar surface area (TPSA) is 12.5 Å². The van der Waals surface area contributed by atoms with E-state index < -0.39 is 0 Å². The first-order valence-corrected chi connectivity index (χ1v) is 8.26. The molecular weight excluding hydrogens is 270 g/mol. The number of rotatable bonds is 3. The zero-order chi connectivity index (χ0) is 16.8. The van der Waals surface area contributed by atoms with E-state index in [1.807, 2.05) is 59.8 Å². The lowest BCUT2D eigenvalue weighted by atomic mass is 10.1. The number of hydrogen-bond acceptors (Lipinski definition) is 2. The molecule has 0 N–H and O–H groups in total. The molecule has 0 aliphatic carbocycles. The maximum Gasteiger partial charge on any atom is 0.161 e. The molecule has 0 radical (unpaired) electrons. The van der Waals surface area contributed by atoms with E-state index in [9.17, 15) is 0 Å². The van der Waals surface area contributed by atoms with E-state index in [-0.39, 0.29) is 0 Å². The van der Waals surface area contributed by atoms with E-state index in [1.54, 1.807) is 0 Å². The van der Waals surface area contributed by atoms with Gasteiger partial charge in [0.15, 0.2) is 6.73 Å². The van der Waals surface area contributed by atoms with Crippen LogP contribution in [-0.4, -0.2) is 13.3 Å². The van der Waals surface area contributed by atoms with Gasteiger partial charge in [-0.3, -0.25) is 0 Å². The van der Waals surface area contributed by atoms with Gasteiger partial charge >= 0.3 is 0 Å². The maximum absolute atomic E-state index is 5.82. The highest BCUT2D eigenvalue weighted by molar-refractivity contribution is 5.50. The Bertz CT molecular complexity index is 472. The van der Waals surface area contributed by atoms with Crippen LogP contribution in [0.1, 0.15) is 41.5 Å². The fourth-order valence-corrected chi connectivity index (χ4v) is 2.02. The molecule has 0 saturated heterocycles. The molecule has 0 amide bonds. The van der Waals surface area contributed by atoms with E-state index in [2.05, 4.69) is 41.3 Å². The van der Waals surface area contributed by atoms with E-state index in [0.717, 1.165) is 12.3 Å². The predicted molar refractivity (Wildman–Crippen MR) is 99.1 cm³/mol. The van der Waals surface area contributed by atoms with Crippen molar-refractivity contribution in [3.63, 3.8) is 0 Å². The third-order valence-corrected chi connectivity index (χ3v) is 2.86. The van der Waals surface area contributed by atoms with Crippen molar-refractivity contribution in [2.75, 3.05) is 18.2 Å². The van der Waals surface area contributed by atoms with Crippen molar-refractivity contribution in [3.8, 4) is 0 Å². The fraction of sp³-hybridized carbons (Fsp3) is 0.400. The molecule has 122 valence electrons. The lowest BCUT2D eigenvalue weighted by Crippen LogP contribution is -2.32. The monoisotopic (exact) mass is 301 g/mol. The average molecular weight is 301 g/mol. The van der Waals surface area contributed by atoms with Crippen LogP contribution in [0.5, 0.6) is 0 Å². The molecule has 0 unspecified atom stereocenters. The molecule has 1 aliphatic heterocycles. The molecule has 1 aliphatic rings. The first-order valence-electron chi connectivity index (χ1n) is 8.26. The maximum atomic E-state index is 5.82. The smallest absolute Gasteiger partial charge is 0.161 e. The van der Waals surface area contributed by atoms with Gasteiger partial charge in [0, 0.05) is 17.8 Å². The van der Waals surface area contributed by atoms with Crippen molar-refractivity contribution in [2.45, 2.75) is 41.5 Å². The normalized spacial score (nSPS) is 14.2. The van der Waals surface area contributed by atoms with Gasteiger partial charge in [-0.15, -0.1) is 0 Å². The van der Waals surface area contributed by atoms with Gasteiger partial charge in [-0.1, -0.05) is 64.1 Å². The Labute approximate surface area is 136 Å². The van der Waals surface area contributed by atoms with Crippen LogP contribution in [0.3, 0.4) is 0 Å². The minimum absolute atomic E-state index is 0.602. The van der Waals surface area contributed by atoms with Crippen molar-refractivity contribution in [2.24, 2.45) is 0 Å². The molecule has 1 aromatic carbocycles. The summed E-state index contributed by atoms with van der Waals surface area (Å²) in [4.78, 5) is 2.22. The van der Waals surface area contributed by atoms with Crippen molar-refractivity contribution >= 4 is 5.69 Å². The number of allylic oxidation sites excluding steroid dienone is 3. The largest absolute Gasteiger partial charge is 0.473 e. The Balaban J connectivity index is 0.00000102. The quantitative estimate of drug-likeness (QED) is 0.685. The molecule has 2 rings (SSSR count). The molecule has 2 heteroatoms. The summed E-state index contributed by atoms with van der Waals surface area (Å²) in [6, 6.07) is 10.3. The summed E-state index contributed by atoms with van der Waals surface area (Å²) in [5.41, 5.74) is 2.41. The third-order valence-electron chi connectivity index (χ3n) is 2.86. The standard InChI is InChI=1S/C16H19NO.2C2H6/c1-3-8-14-12-17(13-18-16(14)9-4-2)15-10-6-5-7-11-15;2*1-2/h3-11H,12-13H2,1-2H3;2*1-2H3/b8-3-,9-4-;;. The van der Waals surface area contributed by atoms with Gasteiger partial charge < -0.3 is 9.64 Å². The average Bonchev–Trinajstić information content (AvgIpc) is 2.61. The Morgan fingerprint density at radius 1 is 0.909 bits per heavy atom. The predicted octanol–water partition coefficient (Wildman–Crippen LogP) is 5.94. The van der Waals surface area contributed by atoms with E-state index in [0.29, 0.717) is 6.73 Å². The zero-order valence-corrected chi connectivity index (χ0v) is 15.0. The summed E-state index contributed by atoms with van der Waals surface area (Å²) in [6.45, 7) is 13.5. The highest BCUT2D eigenvalue weighted by Gasteiger charge is 2.16. The number of ether oxygens (including phenoxy) is 1. The van der Waals surface area contributed by atoms with Crippen molar-refractivity contribution in [3.05, 3.63) is 66.0 Å². The first kappa shape index (κ1) is 20.0. The summed E-state index contributed by atoms with van der Waals surface area (Å²) < 4.78 is 5.82. The van der Waals surface area contributed by atoms with Crippen LogP contribution in [-0.2, 0) is 4.74 Å². The van der Waals surface area contributed by atoms with Crippen molar-refractivity contribution in [1.82, 2.24) is 0 Å². The molecule has 0 saturated carbocycles. The van der Waals surface area contributed by atoms with Crippen LogP contribution in [0, 0.1) is 0 Å². The molecule has 0 fully saturated rings. The Hall–Kier alpha value is -1.96. The van der Waals surface area contributed by atoms with E-state index in [1.165, 1.54) is 11.3 Å². The third kappa shape index (κ3) is 6.21. The highest BCUT2D eigenvalue weighted by atomic mass is 16.5. The van der Waals surface area contributed by atoms with Gasteiger partial charge in [0.05, 0.1) is 0 Å². The molecule has 0 aromatic heterocycles. The van der Waals surface area contributed by atoms with E-state index in [4.69, 9.17) is 4.74 Å². The SMILES string of the molecule is C/C=C\C1=C(/C=C\C)OCN(c2ccccc2)C1.CC.CC. The number of para-hydroxylation sites is 1. The van der Waals surface area contributed by atoms with Gasteiger partial charge in [-0.2, -0.15) is 0 Å². The molecule has 0 spiro atoms. The first-order chi connectivity index (χ1) is 10.8. The number of nitrogens with zero attached hydrogens (tertiary/aromatic N) is 1. The van der Waals surface area contributed by atoms with Crippen LogP contribution in [0.4, 0.5) is 5.69 Å². The second kappa shape index (κ2) is 12.8.